The SMILES string of the molecule is COc1cc2c(c(OC)c1)C(=O)C(c1ccc3c(c1OC)CC(O)C(C)(C)C3)CC2. The predicted octanol–water partition coefficient (Wildman–Crippen LogP) is 4.11. The summed E-state index contributed by atoms with van der Waals surface area (Å²) in [5, 5.41) is 10.7. The Labute approximate surface area is 178 Å². The van der Waals surface area contributed by atoms with E-state index in [2.05, 4.69) is 19.9 Å². The molecule has 2 unspecified atom stereocenters. The normalized spacial score (nSPS) is 22.1. The molecule has 30 heavy (non-hydrogen) atoms. The minimum absolute atomic E-state index is 0.0469. The largest absolute Gasteiger partial charge is 0.497 e. The molecule has 0 aliphatic heterocycles. The molecule has 0 amide bonds. The molecule has 2 aliphatic rings. The summed E-state index contributed by atoms with van der Waals surface area (Å²) in [6, 6.07) is 7.83. The van der Waals surface area contributed by atoms with Gasteiger partial charge >= 0.3 is 0 Å². The van der Waals surface area contributed by atoms with Crippen LogP contribution in [0.1, 0.15) is 58.8 Å². The van der Waals surface area contributed by atoms with Crippen LogP contribution in [-0.2, 0) is 19.3 Å². The van der Waals surface area contributed by atoms with Gasteiger partial charge in [0.05, 0.1) is 38.9 Å². The molecular formula is C25H30O5. The number of methoxy groups -OCH3 is 3. The van der Waals surface area contributed by atoms with Crippen molar-refractivity contribution in [2.75, 3.05) is 21.3 Å². The van der Waals surface area contributed by atoms with Gasteiger partial charge in [-0.3, -0.25) is 4.79 Å². The molecule has 2 aromatic carbocycles. The summed E-state index contributed by atoms with van der Waals surface area (Å²) in [5.74, 6) is 1.74. The number of carbonyl (C=O) groups is 1. The number of hydrogen-bond donors (Lipinski definition) is 1. The lowest BCUT2D eigenvalue weighted by molar-refractivity contribution is 0.0418. The van der Waals surface area contributed by atoms with E-state index in [9.17, 15) is 9.90 Å². The molecule has 0 spiro atoms. The van der Waals surface area contributed by atoms with Gasteiger partial charge in [0.1, 0.15) is 17.2 Å². The van der Waals surface area contributed by atoms with Crippen LogP contribution in [0, 0.1) is 5.41 Å². The number of aliphatic hydroxyl groups is 1. The van der Waals surface area contributed by atoms with E-state index in [1.807, 2.05) is 12.1 Å². The van der Waals surface area contributed by atoms with Crippen molar-refractivity contribution < 1.29 is 24.1 Å². The number of Topliss-reactive ketones (excluding diaryl/α,β-unsaturated/α-hetero) is 1. The summed E-state index contributed by atoms with van der Waals surface area (Å²) >= 11 is 0. The lowest BCUT2D eigenvalue weighted by atomic mass is 9.70. The monoisotopic (exact) mass is 410 g/mol. The summed E-state index contributed by atoms with van der Waals surface area (Å²) < 4.78 is 16.7. The van der Waals surface area contributed by atoms with Gasteiger partial charge in [-0.15, -0.1) is 0 Å². The van der Waals surface area contributed by atoms with Crippen LogP contribution in [-0.4, -0.2) is 38.3 Å². The molecule has 0 saturated heterocycles. The summed E-state index contributed by atoms with van der Waals surface area (Å²) in [6.07, 6.45) is 2.34. The van der Waals surface area contributed by atoms with Crippen LogP contribution in [0.5, 0.6) is 17.2 Å². The maximum atomic E-state index is 13.6. The van der Waals surface area contributed by atoms with Crippen LogP contribution >= 0.6 is 0 Å². The van der Waals surface area contributed by atoms with Crippen molar-refractivity contribution in [3.05, 3.63) is 52.1 Å². The Bertz CT molecular complexity index is 974. The van der Waals surface area contributed by atoms with E-state index in [0.29, 0.717) is 29.9 Å². The number of aliphatic hydroxyl groups excluding tert-OH is 1. The average molecular weight is 411 g/mol. The van der Waals surface area contributed by atoms with Crippen molar-refractivity contribution in [1.29, 1.82) is 0 Å². The summed E-state index contributed by atoms with van der Waals surface area (Å²) in [7, 11) is 4.84. The van der Waals surface area contributed by atoms with Crippen molar-refractivity contribution >= 4 is 5.78 Å². The highest BCUT2D eigenvalue weighted by Crippen LogP contribution is 2.46. The van der Waals surface area contributed by atoms with Gasteiger partial charge in [0.15, 0.2) is 5.78 Å². The van der Waals surface area contributed by atoms with E-state index >= 15 is 0 Å². The molecule has 0 aromatic heterocycles. The third-order valence-electron chi connectivity index (χ3n) is 6.79. The van der Waals surface area contributed by atoms with Gasteiger partial charge in [0.2, 0.25) is 0 Å². The molecule has 1 N–H and O–H groups in total. The highest BCUT2D eigenvalue weighted by Gasteiger charge is 2.38. The van der Waals surface area contributed by atoms with Crippen molar-refractivity contribution in [2.24, 2.45) is 5.41 Å². The first-order chi connectivity index (χ1) is 14.3. The number of carbonyl (C=O) groups excluding carboxylic acids is 1. The molecule has 5 heteroatoms. The van der Waals surface area contributed by atoms with Gasteiger partial charge in [0.25, 0.3) is 0 Å². The van der Waals surface area contributed by atoms with E-state index in [-0.39, 0.29) is 17.1 Å². The van der Waals surface area contributed by atoms with Crippen molar-refractivity contribution in [1.82, 2.24) is 0 Å². The Kier molecular flexibility index (Phi) is 5.27. The Morgan fingerprint density at radius 1 is 1.03 bits per heavy atom. The van der Waals surface area contributed by atoms with Gasteiger partial charge in [-0.05, 0) is 41.9 Å². The number of hydrogen-bond acceptors (Lipinski definition) is 5. The standard InChI is InChI=1S/C25H30O5/c1-25(2)13-15-7-9-18(24(30-5)19(15)12-21(25)26)17-8-6-14-10-16(28-3)11-20(29-4)22(14)23(17)27/h7,9-11,17,21,26H,6,8,12-13H2,1-5H3. The van der Waals surface area contributed by atoms with E-state index in [0.717, 1.165) is 35.3 Å². The van der Waals surface area contributed by atoms with E-state index in [1.165, 1.54) is 5.56 Å². The topological polar surface area (TPSA) is 65.0 Å². The molecule has 4 rings (SSSR count). The number of ether oxygens (including phenoxy) is 3. The molecule has 0 saturated carbocycles. The highest BCUT2D eigenvalue weighted by atomic mass is 16.5. The molecule has 2 atom stereocenters. The zero-order valence-corrected chi connectivity index (χ0v) is 18.4. The van der Waals surface area contributed by atoms with Crippen molar-refractivity contribution in [3.8, 4) is 17.2 Å². The third kappa shape index (κ3) is 3.25. The van der Waals surface area contributed by atoms with Crippen LogP contribution in [0.4, 0.5) is 0 Å². The van der Waals surface area contributed by atoms with Crippen LogP contribution in [0.3, 0.4) is 0 Å². The fraction of sp³-hybridized carbons (Fsp3) is 0.480. The lowest BCUT2D eigenvalue weighted by Gasteiger charge is -2.38. The second-order valence-corrected chi connectivity index (χ2v) is 9.03. The molecule has 0 heterocycles. The Balaban J connectivity index is 1.78. The highest BCUT2D eigenvalue weighted by molar-refractivity contribution is 6.06. The molecule has 160 valence electrons. The first kappa shape index (κ1) is 20.7. The third-order valence-corrected chi connectivity index (χ3v) is 6.79. The van der Waals surface area contributed by atoms with Crippen molar-refractivity contribution in [3.63, 3.8) is 0 Å². The molecule has 5 nitrogen and oxygen atoms in total. The van der Waals surface area contributed by atoms with Gasteiger partial charge in [-0.25, -0.2) is 0 Å². The number of ketones is 1. The fourth-order valence-electron chi connectivity index (χ4n) is 4.97. The average Bonchev–Trinajstić information content (AvgIpc) is 2.73. The molecular weight excluding hydrogens is 380 g/mol. The second kappa shape index (κ2) is 7.62. The zero-order chi connectivity index (χ0) is 21.6. The molecule has 2 aromatic rings. The second-order valence-electron chi connectivity index (χ2n) is 9.03. The Hall–Kier alpha value is -2.53. The summed E-state index contributed by atoms with van der Waals surface area (Å²) in [6.45, 7) is 4.17. The number of benzene rings is 2. The molecule has 0 radical (unpaired) electrons. The Morgan fingerprint density at radius 2 is 1.80 bits per heavy atom. The smallest absolute Gasteiger partial charge is 0.174 e. The molecule has 0 bridgehead atoms. The van der Waals surface area contributed by atoms with Gasteiger partial charge in [0, 0.05) is 23.6 Å². The van der Waals surface area contributed by atoms with Crippen LogP contribution in [0.2, 0.25) is 0 Å². The maximum absolute atomic E-state index is 13.6. The lowest BCUT2D eigenvalue weighted by Crippen LogP contribution is -2.37. The number of rotatable bonds is 4. The van der Waals surface area contributed by atoms with Gasteiger partial charge in [-0.1, -0.05) is 26.0 Å². The molecule has 0 fully saturated rings. The fourth-order valence-corrected chi connectivity index (χ4v) is 4.97. The summed E-state index contributed by atoms with van der Waals surface area (Å²) in [5.41, 5.74) is 4.54. The van der Waals surface area contributed by atoms with E-state index in [4.69, 9.17) is 14.2 Å². The van der Waals surface area contributed by atoms with Crippen molar-refractivity contribution in [2.45, 2.75) is 51.6 Å². The number of fused-ring (bicyclic) bond motifs is 2. The number of aryl methyl sites for hydroxylation is 1. The zero-order valence-electron chi connectivity index (χ0n) is 18.4. The minimum Gasteiger partial charge on any atom is -0.497 e. The minimum atomic E-state index is -0.440. The Morgan fingerprint density at radius 3 is 2.47 bits per heavy atom. The van der Waals surface area contributed by atoms with Gasteiger partial charge in [-0.2, -0.15) is 0 Å². The van der Waals surface area contributed by atoms with Crippen LogP contribution < -0.4 is 14.2 Å². The maximum Gasteiger partial charge on any atom is 0.174 e. The van der Waals surface area contributed by atoms with Gasteiger partial charge < -0.3 is 19.3 Å². The quantitative estimate of drug-likeness (QED) is 0.822. The van der Waals surface area contributed by atoms with Crippen LogP contribution in [0.15, 0.2) is 24.3 Å². The molecule has 2 aliphatic carbocycles. The van der Waals surface area contributed by atoms with E-state index in [1.54, 1.807) is 27.4 Å². The first-order valence-corrected chi connectivity index (χ1v) is 10.5. The first-order valence-electron chi connectivity index (χ1n) is 10.5. The predicted molar refractivity (Wildman–Crippen MR) is 115 cm³/mol. The van der Waals surface area contributed by atoms with Crippen LogP contribution in [0.25, 0.3) is 0 Å². The van der Waals surface area contributed by atoms with E-state index < -0.39 is 6.10 Å². The summed E-state index contributed by atoms with van der Waals surface area (Å²) in [4.78, 5) is 13.6.